The normalized spacial score (nSPS) is 29.1. The van der Waals surface area contributed by atoms with Crippen LogP contribution in [0.5, 0.6) is 0 Å². The Morgan fingerprint density at radius 1 is 1.62 bits per heavy atom. The van der Waals surface area contributed by atoms with E-state index in [2.05, 4.69) is 16.6 Å². The molecule has 1 aliphatic heterocycles. The number of nitrogens with zero attached hydrogens (tertiary/aromatic N) is 2. The van der Waals surface area contributed by atoms with Crippen molar-refractivity contribution in [2.75, 3.05) is 6.54 Å². The fourth-order valence-corrected chi connectivity index (χ4v) is 1.78. The van der Waals surface area contributed by atoms with E-state index < -0.39 is 0 Å². The number of aryl methyl sites for hydroxylation is 1. The van der Waals surface area contributed by atoms with Crippen LogP contribution in [0.15, 0.2) is 12.4 Å². The maximum Gasteiger partial charge on any atom is 0.0537 e. The number of piperidine rings is 1. The molecule has 4 nitrogen and oxygen atoms in total. The monoisotopic (exact) mass is 180 g/mol. The molecule has 2 unspecified atom stereocenters. The molecule has 0 amide bonds. The van der Waals surface area contributed by atoms with E-state index in [1.54, 1.807) is 0 Å². The maximum absolute atomic E-state index is 5.80. The van der Waals surface area contributed by atoms with Crippen molar-refractivity contribution in [3.05, 3.63) is 18.0 Å². The molecule has 0 spiro atoms. The summed E-state index contributed by atoms with van der Waals surface area (Å²) in [6.07, 6.45) is 6.21. The molecule has 0 bridgehead atoms. The van der Waals surface area contributed by atoms with E-state index in [1.165, 1.54) is 5.56 Å². The Bertz CT molecular complexity index is 273. The van der Waals surface area contributed by atoms with E-state index in [4.69, 9.17) is 5.73 Å². The fraction of sp³-hybridized carbons (Fsp3) is 0.667. The van der Waals surface area contributed by atoms with E-state index in [-0.39, 0.29) is 0 Å². The molecule has 2 heterocycles. The smallest absolute Gasteiger partial charge is 0.0537 e. The van der Waals surface area contributed by atoms with Gasteiger partial charge in [0.05, 0.1) is 6.20 Å². The molecule has 4 heteroatoms. The molecule has 72 valence electrons. The summed E-state index contributed by atoms with van der Waals surface area (Å²) >= 11 is 0. The van der Waals surface area contributed by atoms with Crippen molar-refractivity contribution in [3.63, 3.8) is 0 Å². The SMILES string of the molecule is Cn1cc(C2CCC(N)CN2)cn1. The Morgan fingerprint density at radius 3 is 3.00 bits per heavy atom. The molecular weight excluding hydrogens is 164 g/mol. The minimum atomic E-state index is 0.327. The van der Waals surface area contributed by atoms with Gasteiger partial charge >= 0.3 is 0 Å². The minimum absolute atomic E-state index is 0.327. The highest BCUT2D eigenvalue weighted by Crippen LogP contribution is 2.21. The van der Waals surface area contributed by atoms with Crippen LogP contribution in [0.25, 0.3) is 0 Å². The van der Waals surface area contributed by atoms with Crippen molar-refractivity contribution in [1.29, 1.82) is 0 Å². The highest BCUT2D eigenvalue weighted by molar-refractivity contribution is 5.11. The van der Waals surface area contributed by atoms with Crippen molar-refractivity contribution >= 4 is 0 Å². The first kappa shape index (κ1) is 8.72. The molecule has 0 saturated carbocycles. The summed E-state index contributed by atoms with van der Waals surface area (Å²) in [6, 6.07) is 0.779. The largest absolute Gasteiger partial charge is 0.327 e. The van der Waals surface area contributed by atoms with Gasteiger partial charge in [-0.2, -0.15) is 5.10 Å². The number of nitrogens with one attached hydrogen (secondary N) is 1. The van der Waals surface area contributed by atoms with Gasteiger partial charge in [0.1, 0.15) is 0 Å². The van der Waals surface area contributed by atoms with E-state index in [0.717, 1.165) is 19.4 Å². The van der Waals surface area contributed by atoms with Gasteiger partial charge in [-0.1, -0.05) is 0 Å². The first-order valence-corrected chi connectivity index (χ1v) is 4.73. The third-order valence-electron chi connectivity index (χ3n) is 2.58. The van der Waals surface area contributed by atoms with Gasteiger partial charge in [0, 0.05) is 37.4 Å². The molecule has 1 saturated heterocycles. The highest BCUT2D eigenvalue weighted by atomic mass is 15.2. The van der Waals surface area contributed by atoms with Gasteiger partial charge in [0.15, 0.2) is 0 Å². The summed E-state index contributed by atoms with van der Waals surface area (Å²) in [5, 5.41) is 7.58. The molecule has 1 aliphatic rings. The predicted octanol–water partition coefficient (Wildman–Crippen LogP) is 0.172. The number of hydrogen-bond acceptors (Lipinski definition) is 3. The standard InChI is InChI=1S/C9H16N4/c1-13-6-7(4-12-13)9-3-2-8(10)5-11-9/h4,6,8-9,11H,2-3,5,10H2,1H3. The average Bonchev–Trinajstić information content (AvgIpc) is 2.53. The third-order valence-corrected chi connectivity index (χ3v) is 2.58. The van der Waals surface area contributed by atoms with Crippen molar-refractivity contribution < 1.29 is 0 Å². The molecule has 1 aromatic rings. The van der Waals surface area contributed by atoms with Crippen molar-refractivity contribution in [2.45, 2.75) is 24.9 Å². The van der Waals surface area contributed by atoms with Gasteiger partial charge in [0.25, 0.3) is 0 Å². The Hall–Kier alpha value is -0.870. The molecule has 2 atom stereocenters. The predicted molar refractivity (Wildman–Crippen MR) is 51.2 cm³/mol. The van der Waals surface area contributed by atoms with Crippen molar-refractivity contribution in [3.8, 4) is 0 Å². The summed E-state index contributed by atoms with van der Waals surface area (Å²) < 4.78 is 1.84. The number of aromatic nitrogens is 2. The second-order valence-corrected chi connectivity index (χ2v) is 3.75. The van der Waals surface area contributed by atoms with Crippen LogP contribution in [0.3, 0.4) is 0 Å². The van der Waals surface area contributed by atoms with E-state index in [9.17, 15) is 0 Å². The first-order chi connectivity index (χ1) is 6.25. The number of rotatable bonds is 1. The quantitative estimate of drug-likeness (QED) is 0.648. The highest BCUT2D eigenvalue weighted by Gasteiger charge is 2.19. The van der Waals surface area contributed by atoms with Gasteiger partial charge in [-0.05, 0) is 12.8 Å². The maximum atomic E-state index is 5.80. The molecule has 13 heavy (non-hydrogen) atoms. The molecule has 0 aliphatic carbocycles. The molecule has 1 fully saturated rings. The van der Waals surface area contributed by atoms with Crippen LogP contribution in [0.1, 0.15) is 24.4 Å². The van der Waals surface area contributed by atoms with E-state index in [0.29, 0.717) is 12.1 Å². The van der Waals surface area contributed by atoms with E-state index >= 15 is 0 Å². The summed E-state index contributed by atoms with van der Waals surface area (Å²) in [7, 11) is 1.94. The van der Waals surface area contributed by atoms with Gasteiger partial charge in [0.2, 0.25) is 0 Å². The zero-order valence-corrected chi connectivity index (χ0v) is 7.90. The van der Waals surface area contributed by atoms with Crippen LogP contribution < -0.4 is 11.1 Å². The Kier molecular flexibility index (Phi) is 2.33. The zero-order valence-electron chi connectivity index (χ0n) is 7.90. The lowest BCUT2D eigenvalue weighted by Gasteiger charge is -2.26. The van der Waals surface area contributed by atoms with Gasteiger partial charge < -0.3 is 11.1 Å². The lowest BCUT2D eigenvalue weighted by Crippen LogP contribution is -2.41. The van der Waals surface area contributed by atoms with Gasteiger partial charge in [-0.3, -0.25) is 4.68 Å². The Morgan fingerprint density at radius 2 is 2.46 bits per heavy atom. The van der Waals surface area contributed by atoms with Crippen molar-refractivity contribution in [2.24, 2.45) is 12.8 Å². The number of nitrogens with two attached hydrogens (primary N) is 1. The number of hydrogen-bond donors (Lipinski definition) is 2. The average molecular weight is 180 g/mol. The molecule has 0 aromatic carbocycles. The van der Waals surface area contributed by atoms with Crippen LogP contribution in [0.4, 0.5) is 0 Å². The summed E-state index contributed by atoms with van der Waals surface area (Å²) in [5.41, 5.74) is 7.07. The summed E-state index contributed by atoms with van der Waals surface area (Å²) in [6.45, 7) is 0.916. The van der Waals surface area contributed by atoms with Crippen LogP contribution in [-0.4, -0.2) is 22.4 Å². The van der Waals surface area contributed by atoms with Gasteiger partial charge in [-0.25, -0.2) is 0 Å². The van der Waals surface area contributed by atoms with Crippen molar-refractivity contribution in [1.82, 2.24) is 15.1 Å². The van der Waals surface area contributed by atoms with Crippen LogP contribution in [-0.2, 0) is 7.05 Å². The van der Waals surface area contributed by atoms with Crippen LogP contribution >= 0.6 is 0 Å². The van der Waals surface area contributed by atoms with Gasteiger partial charge in [-0.15, -0.1) is 0 Å². The summed E-state index contributed by atoms with van der Waals surface area (Å²) in [4.78, 5) is 0. The molecule has 3 N–H and O–H groups in total. The Balaban J connectivity index is 2.02. The Labute approximate surface area is 78.1 Å². The molecule has 0 radical (unpaired) electrons. The summed E-state index contributed by atoms with van der Waals surface area (Å²) in [5.74, 6) is 0. The molecule has 2 rings (SSSR count). The molecule has 1 aromatic heterocycles. The third kappa shape index (κ3) is 1.89. The van der Waals surface area contributed by atoms with Crippen LogP contribution in [0, 0.1) is 0 Å². The lowest BCUT2D eigenvalue weighted by atomic mass is 9.98. The van der Waals surface area contributed by atoms with Crippen LogP contribution in [0.2, 0.25) is 0 Å². The fourth-order valence-electron chi connectivity index (χ4n) is 1.78. The lowest BCUT2D eigenvalue weighted by molar-refractivity contribution is 0.373. The second-order valence-electron chi connectivity index (χ2n) is 3.75. The minimum Gasteiger partial charge on any atom is -0.327 e. The second kappa shape index (κ2) is 3.47. The first-order valence-electron chi connectivity index (χ1n) is 4.73. The zero-order chi connectivity index (χ0) is 9.26. The van der Waals surface area contributed by atoms with E-state index in [1.807, 2.05) is 17.9 Å². The topological polar surface area (TPSA) is 55.9 Å². The molecular formula is C9H16N4.